The van der Waals surface area contributed by atoms with Crippen LogP contribution in [-0.4, -0.2) is 28.9 Å². The van der Waals surface area contributed by atoms with Gasteiger partial charge in [0.15, 0.2) is 0 Å². The van der Waals surface area contributed by atoms with Crippen LogP contribution in [0.5, 0.6) is 0 Å². The second kappa shape index (κ2) is 5.83. The van der Waals surface area contributed by atoms with Gasteiger partial charge in [-0.1, -0.05) is 36.5 Å². The van der Waals surface area contributed by atoms with Crippen LogP contribution in [0.1, 0.15) is 0 Å². The van der Waals surface area contributed by atoms with Crippen molar-refractivity contribution < 1.29 is 9.90 Å². The Labute approximate surface area is 86.2 Å². The largest absolute Gasteiger partial charge is 0.481 e. The smallest absolute Gasteiger partial charge is 0.313 e. The number of halogens is 1. The first-order chi connectivity index (χ1) is 5.99. The molecule has 0 aromatic rings. The van der Waals surface area contributed by atoms with E-state index in [4.69, 9.17) is 16.7 Å². The molecule has 0 unspecified atom stereocenters. The Morgan fingerprint density at radius 1 is 1.62 bits per heavy atom. The number of thioether (sulfide) groups is 1. The SMILES string of the molecule is C=C(Cl)C(=C)/C(=N\C)SCC(=O)O. The van der Waals surface area contributed by atoms with Crippen LogP contribution in [0.25, 0.3) is 0 Å². The fourth-order valence-corrected chi connectivity index (χ4v) is 1.37. The molecule has 0 spiro atoms. The van der Waals surface area contributed by atoms with Crippen molar-refractivity contribution in [3.63, 3.8) is 0 Å². The molecule has 0 aromatic heterocycles. The van der Waals surface area contributed by atoms with Gasteiger partial charge in [-0.05, 0) is 0 Å². The first kappa shape index (κ1) is 12.3. The minimum absolute atomic E-state index is 0.0597. The lowest BCUT2D eigenvalue weighted by molar-refractivity contribution is -0.133. The van der Waals surface area contributed by atoms with Gasteiger partial charge >= 0.3 is 5.97 Å². The van der Waals surface area contributed by atoms with Gasteiger partial charge in [0.1, 0.15) is 0 Å². The van der Waals surface area contributed by atoms with E-state index in [2.05, 4.69) is 18.2 Å². The number of nitrogens with zero attached hydrogens (tertiary/aromatic N) is 1. The first-order valence-corrected chi connectivity index (χ1v) is 4.70. The first-order valence-electron chi connectivity index (χ1n) is 3.34. The molecular weight excluding hydrogens is 210 g/mol. The fourth-order valence-electron chi connectivity index (χ4n) is 0.533. The zero-order chi connectivity index (χ0) is 10.4. The molecule has 0 aliphatic carbocycles. The summed E-state index contributed by atoms with van der Waals surface area (Å²) in [6, 6.07) is 0. The summed E-state index contributed by atoms with van der Waals surface area (Å²) in [7, 11) is 1.55. The van der Waals surface area contributed by atoms with Crippen LogP contribution >= 0.6 is 23.4 Å². The highest BCUT2D eigenvalue weighted by atomic mass is 35.5. The maximum atomic E-state index is 10.3. The second-order valence-corrected chi connectivity index (χ2v) is 3.51. The van der Waals surface area contributed by atoms with E-state index in [0.717, 1.165) is 11.8 Å². The van der Waals surface area contributed by atoms with Gasteiger partial charge in [0.05, 0.1) is 10.8 Å². The molecular formula is C8H10ClNO2S. The highest BCUT2D eigenvalue weighted by Crippen LogP contribution is 2.19. The van der Waals surface area contributed by atoms with Crippen molar-refractivity contribution in [2.24, 2.45) is 4.99 Å². The van der Waals surface area contributed by atoms with Gasteiger partial charge in [0.2, 0.25) is 0 Å². The maximum Gasteiger partial charge on any atom is 0.313 e. The Hall–Kier alpha value is -0.740. The monoisotopic (exact) mass is 219 g/mol. The summed E-state index contributed by atoms with van der Waals surface area (Å²) in [5.74, 6) is -0.963. The number of carboxylic acids is 1. The molecule has 0 amide bonds. The molecule has 0 fully saturated rings. The van der Waals surface area contributed by atoms with Crippen LogP contribution in [-0.2, 0) is 4.79 Å². The third-order valence-corrected chi connectivity index (χ3v) is 2.44. The van der Waals surface area contributed by atoms with E-state index in [9.17, 15) is 4.79 Å². The zero-order valence-corrected chi connectivity index (χ0v) is 8.78. The summed E-state index contributed by atoms with van der Waals surface area (Å²) in [5, 5.41) is 9.20. The Morgan fingerprint density at radius 3 is 2.46 bits per heavy atom. The minimum Gasteiger partial charge on any atom is -0.481 e. The molecule has 0 saturated heterocycles. The molecule has 0 radical (unpaired) electrons. The van der Waals surface area contributed by atoms with E-state index < -0.39 is 5.97 Å². The summed E-state index contributed by atoms with van der Waals surface area (Å²) in [6.07, 6.45) is 0. The van der Waals surface area contributed by atoms with Crippen molar-refractivity contribution in [2.75, 3.05) is 12.8 Å². The molecule has 0 heterocycles. The van der Waals surface area contributed by atoms with Gasteiger partial charge in [0.25, 0.3) is 0 Å². The number of aliphatic imine (C=N–C) groups is 1. The number of carbonyl (C=O) groups is 1. The van der Waals surface area contributed by atoms with Gasteiger partial charge in [-0.2, -0.15) is 0 Å². The fraction of sp³-hybridized carbons (Fsp3) is 0.250. The molecule has 3 nitrogen and oxygen atoms in total. The number of carboxylic acid groups (broad SMARTS) is 1. The molecule has 0 rings (SSSR count). The predicted molar refractivity (Wildman–Crippen MR) is 57.6 cm³/mol. The third-order valence-electron chi connectivity index (χ3n) is 1.12. The Bertz CT molecular complexity index is 273. The molecule has 5 heteroatoms. The number of rotatable bonds is 4. The van der Waals surface area contributed by atoms with Crippen LogP contribution in [0.2, 0.25) is 0 Å². The molecule has 0 aromatic carbocycles. The van der Waals surface area contributed by atoms with Crippen molar-refractivity contribution in [3.05, 3.63) is 23.8 Å². The predicted octanol–water partition coefficient (Wildman–Crippen LogP) is 2.14. The molecule has 72 valence electrons. The number of aliphatic carboxylic acids is 1. The summed E-state index contributed by atoms with van der Waals surface area (Å²) >= 11 is 6.65. The topological polar surface area (TPSA) is 49.7 Å². The number of hydrogen-bond acceptors (Lipinski definition) is 3. The van der Waals surface area contributed by atoms with Crippen molar-refractivity contribution in [3.8, 4) is 0 Å². The normalized spacial score (nSPS) is 11.1. The molecule has 0 aliphatic heterocycles. The van der Waals surface area contributed by atoms with Crippen molar-refractivity contribution in [1.29, 1.82) is 0 Å². The zero-order valence-electron chi connectivity index (χ0n) is 7.21. The van der Waals surface area contributed by atoms with E-state index in [1.807, 2.05) is 0 Å². The van der Waals surface area contributed by atoms with E-state index >= 15 is 0 Å². The van der Waals surface area contributed by atoms with E-state index in [1.54, 1.807) is 7.05 Å². The average molecular weight is 220 g/mol. The molecule has 13 heavy (non-hydrogen) atoms. The van der Waals surface area contributed by atoms with Crippen LogP contribution in [0.4, 0.5) is 0 Å². The van der Waals surface area contributed by atoms with Gasteiger partial charge in [0, 0.05) is 17.7 Å². The minimum atomic E-state index is -0.904. The van der Waals surface area contributed by atoms with Crippen LogP contribution in [0.15, 0.2) is 28.8 Å². The Morgan fingerprint density at radius 2 is 2.15 bits per heavy atom. The summed E-state index contributed by atoms with van der Waals surface area (Å²) < 4.78 is 0. The highest BCUT2D eigenvalue weighted by molar-refractivity contribution is 8.15. The maximum absolute atomic E-state index is 10.3. The van der Waals surface area contributed by atoms with Gasteiger partial charge in [-0.15, -0.1) is 0 Å². The lowest BCUT2D eigenvalue weighted by atomic mass is 10.3. The molecule has 0 aliphatic rings. The quantitative estimate of drug-likeness (QED) is 0.448. The highest BCUT2D eigenvalue weighted by Gasteiger charge is 2.08. The van der Waals surface area contributed by atoms with Crippen molar-refractivity contribution in [2.45, 2.75) is 0 Å². The molecule has 0 atom stereocenters. The summed E-state index contributed by atoms with van der Waals surface area (Å²) in [6.45, 7) is 7.10. The lowest BCUT2D eigenvalue weighted by Crippen LogP contribution is -2.04. The molecule has 1 N–H and O–H groups in total. The molecule has 0 saturated carbocycles. The summed E-state index contributed by atoms with van der Waals surface area (Å²) in [5.41, 5.74) is 0.468. The lowest BCUT2D eigenvalue weighted by Gasteiger charge is -2.04. The Balaban J connectivity index is 4.29. The van der Waals surface area contributed by atoms with Crippen LogP contribution in [0.3, 0.4) is 0 Å². The van der Waals surface area contributed by atoms with E-state index in [0.29, 0.717) is 10.6 Å². The van der Waals surface area contributed by atoms with Gasteiger partial charge in [-0.3, -0.25) is 9.79 Å². The number of hydrogen-bond donors (Lipinski definition) is 1. The van der Waals surface area contributed by atoms with Crippen LogP contribution in [0, 0.1) is 0 Å². The van der Waals surface area contributed by atoms with Crippen molar-refractivity contribution >= 4 is 34.4 Å². The van der Waals surface area contributed by atoms with Crippen LogP contribution < -0.4 is 0 Å². The standard InChI is InChI=1S/C8H10ClNO2S/c1-5(6(2)9)8(10-3)13-4-7(11)12/h1-2,4H2,3H3,(H,11,12)/b10-8+. The second-order valence-electron chi connectivity index (χ2n) is 2.09. The van der Waals surface area contributed by atoms with Gasteiger partial charge in [-0.25, -0.2) is 0 Å². The third kappa shape index (κ3) is 4.75. The van der Waals surface area contributed by atoms with E-state index in [1.165, 1.54) is 0 Å². The Kier molecular flexibility index (Phi) is 5.50. The average Bonchev–Trinajstić information content (AvgIpc) is 2.04. The van der Waals surface area contributed by atoms with Gasteiger partial charge < -0.3 is 5.11 Å². The summed E-state index contributed by atoms with van der Waals surface area (Å²) in [4.78, 5) is 14.1. The van der Waals surface area contributed by atoms with E-state index in [-0.39, 0.29) is 10.8 Å². The number of allylic oxidation sites excluding steroid dienone is 1. The molecule has 0 bridgehead atoms. The van der Waals surface area contributed by atoms with Crippen molar-refractivity contribution in [1.82, 2.24) is 0 Å².